The standard InChI is InChI=1S/C19H29NO14S2/c1-7-29-18(23)13(19(24)30-8-2)9-20-14(10-31-11(3)21)15(33-35(5,25)26)16(34-36(6,27)28)17(20)32-12(4)22/h9,14-17H,7-8,10H2,1-6H3/t14-,15-,16+,17+/m0/s1. The molecule has 0 N–H and O–H groups in total. The van der Waals surface area contributed by atoms with Crippen LogP contribution in [0.1, 0.15) is 27.7 Å². The average Bonchev–Trinajstić information content (AvgIpc) is 2.93. The number of rotatable bonds is 12. The van der Waals surface area contributed by atoms with Crippen LogP contribution >= 0.6 is 0 Å². The highest BCUT2D eigenvalue weighted by Crippen LogP contribution is 2.34. The molecular formula is C19H29NO14S2. The number of carbonyl (C=O) groups excluding carboxylic acids is 4. The lowest BCUT2D eigenvalue weighted by molar-refractivity contribution is -0.159. The van der Waals surface area contributed by atoms with Gasteiger partial charge in [-0.05, 0) is 13.8 Å². The van der Waals surface area contributed by atoms with Crippen molar-refractivity contribution in [1.82, 2.24) is 4.90 Å². The molecule has 0 aromatic rings. The van der Waals surface area contributed by atoms with Gasteiger partial charge in [0.2, 0.25) is 6.23 Å². The minimum Gasteiger partial charge on any atom is -0.464 e. The third-order valence-electron chi connectivity index (χ3n) is 4.25. The zero-order valence-electron chi connectivity index (χ0n) is 20.5. The van der Waals surface area contributed by atoms with E-state index in [4.69, 9.17) is 27.3 Å². The first-order valence-corrected chi connectivity index (χ1v) is 14.0. The molecule has 1 saturated heterocycles. The molecule has 15 nitrogen and oxygen atoms in total. The number of nitrogens with zero attached hydrogens (tertiary/aromatic N) is 1. The Kier molecular flexibility index (Phi) is 11.3. The van der Waals surface area contributed by atoms with Gasteiger partial charge in [-0.2, -0.15) is 16.8 Å². The summed E-state index contributed by atoms with van der Waals surface area (Å²) in [5, 5.41) is 0. The lowest BCUT2D eigenvalue weighted by Crippen LogP contribution is -2.42. The summed E-state index contributed by atoms with van der Waals surface area (Å²) in [6, 6.07) is -1.45. The Hall–Kier alpha value is -2.76. The maximum absolute atomic E-state index is 12.5. The van der Waals surface area contributed by atoms with Crippen molar-refractivity contribution in [3.05, 3.63) is 11.8 Å². The van der Waals surface area contributed by atoms with Crippen LogP contribution in [0.15, 0.2) is 11.8 Å². The molecule has 0 bridgehead atoms. The van der Waals surface area contributed by atoms with Gasteiger partial charge in [0, 0.05) is 20.0 Å². The number of esters is 4. The zero-order valence-corrected chi connectivity index (χ0v) is 22.1. The summed E-state index contributed by atoms with van der Waals surface area (Å²) in [6.07, 6.45) is -3.26. The van der Waals surface area contributed by atoms with E-state index in [2.05, 4.69) is 0 Å². The first kappa shape index (κ1) is 31.3. The van der Waals surface area contributed by atoms with Gasteiger partial charge in [0.25, 0.3) is 20.2 Å². The quantitative estimate of drug-likeness (QED) is 0.0691. The molecule has 0 aliphatic carbocycles. The Morgan fingerprint density at radius 3 is 1.64 bits per heavy atom. The molecule has 0 spiro atoms. The summed E-state index contributed by atoms with van der Waals surface area (Å²) < 4.78 is 77.9. The van der Waals surface area contributed by atoms with Crippen LogP contribution < -0.4 is 0 Å². The second-order valence-electron chi connectivity index (χ2n) is 7.33. The summed E-state index contributed by atoms with van der Waals surface area (Å²) in [6.45, 7) is 3.99. The van der Waals surface area contributed by atoms with Crippen molar-refractivity contribution < 1.29 is 63.3 Å². The molecule has 4 atom stereocenters. The molecular weight excluding hydrogens is 530 g/mol. The van der Waals surface area contributed by atoms with Crippen molar-refractivity contribution in [2.45, 2.75) is 52.2 Å². The zero-order chi connectivity index (χ0) is 27.8. The number of carbonyl (C=O) groups is 4. The molecule has 0 amide bonds. The van der Waals surface area contributed by atoms with Crippen molar-refractivity contribution in [2.24, 2.45) is 0 Å². The summed E-state index contributed by atoms with van der Waals surface area (Å²) in [7, 11) is -8.63. The van der Waals surface area contributed by atoms with Crippen LogP contribution in [0.25, 0.3) is 0 Å². The number of hydrogen-bond acceptors (Lipinski definition) is 15. The van der Waals surface area contributed by atoms with Crippen LogP contribution in [0.2, 0.25) is 0 Å². The molecule has 0 saturated carbocycles. The minimum atomic E-state index is -4.33. The summed E-state index contributed by atoms with van der Waals surface area (Å²) >= 11 is 0. The van der Waals surface area contributed by atoms with E-state index in [0.717, 1.165) is 24.9 Å². The van der Waals surface area contributed by atoms with Crippen molar-refractivity contribution in [1.29, 1.82) is 0 Å². The number of likely N-dealkylation sites (tertiary alicyclic amines) is 1. The van der Waals surface area contributed by atoms with Crippen molar-refractivity contribution >= 4 is 44.1 Å². The van der Waals surface area contributed by atoms with E-state index < -0.39 is 80.8 Å². The van der Waals surface area contributed by atoms with Gasteiger partial charge in [-0.3, -0.25) is 18.0 Å². The van der Waals surface area contributed by atoms with Crippen LogP contribution in [-0.4, -0.2) is 102 Å². The molecule has 0 unspecified atom stereocenters. The number of hydrogen-bond donors (Lipinski definition) is 0. The Balaban J connectivity index is 3.86. The van der Waals surface area contributed by atoms with Gasteiger partial charge in [-0.15, -0.1) is 0 Å². The molecule has 36 heavy (non-hydrogen) atoms. The molecule has 1 aliphatic rings. The second-order valence-corrected chi connectivity index (χ2v) is 10.5. The van der Waals surface area contributed by atoms with E-state index in [-0.39, 0.29) is 13.2 Å². The molecule has 1 rings (SSSR count). The first-order valence-electron chi connectivity index (χ1n) is 10.4. The van der Waals surface area contributed by atoms with Crippen molar-refractivity contribution in [2.75, 3.05) is 32.3 Å². The molecule has 17 heteroatoms. The number of ether oxygens (including phenoxy) is 4. The lowest BCUT2D eigenvalue weighted by Gasteiger charge is -2.29. The van der Waals surface area contributed by atoms with Crippen LogP contribution in [0.4, 0.5) is 0 Å². The maximum Gasteiger partial charge on any atom is 0.347 e. The van der Waals surface area contributed by atoms with Crippen LogP contribution in [0.3, 0.4) is 0 Å². The average molecular weight is 560 g/mol. The normalized spacial score (nSPS) is 21.9. The van der Waals surface area contributed by atoms with Gasteiger partial charge in [-0.25, -0.2) is 9.59 Å². The predicted molar refractivity (Wildman–Crippen MR) is 119 cm³/mol. The van der Waals surface area contributed by atoms with Crippen molar-refractivity contribution in [3.8, 4) is 0 Å². The lowest BCUT2D eigenvalue weighted by atomic mass is 10.1. The van der Waals surface area contributed by atoms with Gasteiger partial charge in [-0.1, -0.05) is 0 Å². The van der Waals surface area contributed by atoms with E-state index in [1.165, 1.54) is 13.8 Å². The van der Waals surface area contributed by atoms with E-state index in [9.17, 15) is 36.0 Å². The Bertz CT molecular complexity index is 1060. The third-order valence-corrected chi connectivity index (χ3v) is 5.39. The van der Waals surface area contributed by atoms with Gasteiger partial charge >= 0.3 is 23.9 Å². The van der Waals surface area contributed by atoms with Gasteiger partial charge in [0.15, 0.2) is 11.7 Å². The van der Waals surface area contributed by atoms with Crippen LogP contribution in [-0.2, 0) is 66.7 Å². The van der Waals surface area contributed by atoms with Crippen LogP contribution in [0.5, 0.6) is 0 Å². The van der Waals surface area contributed by atoms with Crippen molar-refractivity contribution in [3.63, 3.8) is 0 Å². The predicted octanol–water partition coefficient (Wildman–Crippen LogP) is -1.18. The van der Waals surface area contributed by atoms with E-state index in [0.29, 0.717) is 12.5 Å². The minimum absolute atomic E-state index is 0.139. The van der Waals surface area contributed by atoms with E-state index >= 15 is 0 Å². The smallest absolute Gasteiger partial charge is 0.347 e. The highest BCUT2D eigenvalue weighted by atomic mass is 32.2. The Labute approximate surface area is 208 Å². The fourth-order valence-corrected chi connectivity index (χ4v) is 4.39. The molecule has 0 radical (unpaired) electrons. The fourth-order valence-electron chi connectivity index (χ4n) is 3.14. The summed E-state index contributed by atoms with van der Waals surface area (Å²) in [4.78, 5) is 49.3. The fraction of sp³-hybridized carbons (Fsp3) is 0.684. The maximum atomic E-state index is 12.5. The van der Waals surface area contributed by atoms with Gasteiger partial charge in [0.05, 0.1) is 31.8 Å². The molecule has 1 fully saturated rings. The van der Waals surface area contributed by atoms with E-state index in [1.807, 2.05) is 0 Å². The summed E-state index contributed by atoms with van der Waals surface area (Å²) in [5.74, 6) is -4.10. The second kappa shape index (κ2) is 13.0. The highest BCUT2D eigenvalue weighted by Gasteiger charge is 2.55. The van der Waals surface area contributed by atoms with Gasteiger partial charge in [0.1, 0.15) is 12.7 Å². The van der Waals surface area contributed by atoms with Crippen LogP contribution in [0, 0.1) is 0 Å². The topological polar surface area (TPSA) is 195 Å². The van der Waals surface area contributed by atoms with E-state index in [1.54, 1.807) is 0 Å². The first-order chi connectivity index (χ1) is 16.5. The van der Waals surface area contributed by atoms with Gasteiger partial charge < -0.3 is 23.8 Å². The largest absolute Gasteiger partial charge is 0.464 e. The Morgan fingerprint density at radius 1 is 0.778 bits per heavy atom. The molecule has 1 heterocycles. The molecule has 206 valence electrons. The monoisotopic (exact) mass is 559 g/mol. The Morgan fingerprint density at radius 2 is 1.25 bits per heavy atom. The SMILES string of the molecule is CCOC(=O)C(=CN1[C@H](OC(C)=O)[C@H](OS(C)(=O)=O)[C@@H](OS(C)(=O)=O)[C@@H]1COC(C)=O)C(=O)OCC. The molecule has 0 aromatic carbocycles. The molecule has 0 aromatic heterocycles. The molecule has 1 aliphatic heterocycles. The highest BCUT2D eigenvalue weighted by molar-refractivity contribution is 7.86. The third kappa shape index (κ3) is 9.71. The summed E-state index contributed by atoms with van der Waals surface area (Å²) in [5.41, 5.74) is -0.721.